The summed E-state index contributed by atoms with van der Waals surface area (Å²) < 4.78 is 35.6. The van der Waals surface area contributed by atoms with E-state index in [-0.39, 0.29) is 5.89 Å². The molecule has 0 bridgehead atoms. The van der Waals surface area contributed by atoms with Crippen molar-refractivity contribution in [3.05, 3.63) is 59.1 Å². The molecule has 0 saturated heterocycles. The monoisotopic (exact) mass is 360 g/mol. The molecule has 0 saturated carbocycles. The molecule has 0 atom stereocenters. The van der Waals surface area contributed by atoms with Gasteiger partial charge in [-0.25, -0.2) is 0 Å². The van der Waals surface area contributed by atoms with Gasteiger partial charge in [-0.1, -0.05) is 18.2 Å². The van der Waals surface area contributed by atoms with Crippen LogP contribution in [0.2, 0.25) is 0 Å². The van der Waals surface area contributed by atoms with Crippen LogP contribution in [0, 0.1) is 0 Å². The summed E-state index contributed by atoms with van der Waals surface area (Å²) in [5.41, 5.74) is 0.846. The Balaban J connectivity index is 1.50. The van der Waals surface area contributed by atoms with E-state index in [4.69, 9.17) is 8.83 Å². The van der Waals surface area contributed by atoms with Gasteiger partial charge in [-0.15, -0.1) is 31.7 Å². The number of rotatable bonds is 5. The predicted octanol–water partition coefficient (Wildman–Crippen LogP) is 4.38. The Bertz CT molecular complexity index is 981. The lowest BCUT2D eigenvalue weighted by Gasteiger charge is -1.93. The summed E-state index contributed by atoms with van der Waals surface area (Å²) in [6.07, 6.45) is -2.35. The van der Waals surface area contributed by atoms with E-state index < -0.39 is 12.3 Å². The van der Waals surface area contributed by atoms with Gasteiger partial charge in [0.25, 0.3) is 11.8 Å². The van der Waals surface area contributed by atoms with Gasteiger partial charge in [0, 0.05) is 10.4 Å². The number of hydrogen-bond acceptors (Lipinski definition) is 7. The first-order valence-electron chi connectivity index (χ1n) is 7.27. The first kappa shape index (κ1) is 15.6. The smallest absolute Gasteiger partial charge is 0.314 e. The van der Waals surface area contributed by atoms with E-state index in [0.717, 1.165) is 10.4 Å². The molecule has 3 heterocycles. The molecule has 126 valence electrons. The van der Waals surface area contributed by atoms with Crippen LogP contribution in [0.15, 0.2) is 51.3 Å². The van der Waals surface area contributed by atoms with E-state index in [0.29, 0.717) is 23.1 Å². The van der Waals surface area contributed by atoms with Crippen LogP contribution in [0.4, 0.5) is 8.78 Å². The highest BCUT2D eigenvalue weighted by Gasteiger charge is 2.18. The Hall–Kier alpha value is -2.94. The van der Waals surface area contributed by atoms with Crippen LogP contribution >= 0.6 is 11.3 Å². The second-order valence-electron chi connectivity index (χ2n) is 5.06. The van der Waals surface area contributed by atoms with Crippen molar-refractivity contribution in [1.29, 1.82) is 0 Å². The fourth-order valence-corrected chi connectivity index (χ4v) is 3.10. The molecule has 0 aliphatic heterocycles. The molecule has 0 radical (unpaired) electrons. The lowest BCUT2D eigenvalue weighted by Crippen LogP contribution is -1.83. The number of aromatic nitrogens is 4. The van der Waals surface area contributed by atoms with Gasteiger partial charge < -0.3 is 8.83 Å². The standard InChI is InChI=1S/C16H10F2N4O2S/c17-13(18)16-22-21-15(24-16)11-7-6-10(25-11)8-12-19-20-14(23-12)9-4-2-1-3-5-9/h1-7,13H,8H2. The number of halogens is 2. The van der Waals surface area contributed by atoms with Crippen molar-refractivity contribution in [3.63, 3.8) is 0 Å². The first-order valence-corrected chi connectivity index (χ1v) is 8.09. The van der Waals surface area contributed by atoms with E-state index in [1.54, 1.807) is 6.07 Å². The minimum Gasteiger partial charge on any atom is -0.420 e. The summed E-state index contributed by atoms with van der Waals surface area (Å²) >= 11 is 1.34. The van der Waals surface area contributed by atoms with Gasteiger partial charge in [0.15, 0.2) is 0 Å². The molecule has 0 aliphatic rings. The van der Waals surface area contributed by atoms with Crippen molar-refractivity contribution in [2.45, 2.75) is 12.8 Å². The first-order chi connectivity index (χ1) is 12.2. The molecule has 0 amide bonds. The van der Waals surface area contributed by atoms with E-state index >= 15 is 0 Å². The Morgan fingerprint density at radius 3 is 2.44 bits per heavy atom. The molecule has 4 aromatic rings. The quantitative estimate of drug-likeness (QED) is 0.526. The average molecular weight is 360 g/mol. The number of benzene rings is 1. The van der Waals surface area contributed by atoms with Crippen LogP contribution in [0.3, 0.4) is 0 Å². The van der Waals surface area contributed by atoms with Crippen LogP contribution in [-0.2, 0) is 6.42 Å². The highest BCUT2D eigenvalue weighted by atomic mass is 32.1. The second kappa shape index (κ2) is 6.52. The lowest BCUT2D eigenvalue weighted by atomic mass is 10.2. The molecule has 0 aliphatic carbocycles. The number of hydrogen-bond donors (Lipinski definition) is 0. The van der Waals surface area contributed by atoms with Crippen molar-refractivity contribution < 1.29 is 17.6 Å². The lowest BCUT2D eigenvalue weighted by molar-refractivity contribution is 0.116. The summed E-state index contributed by atoms with van der Waals surface area (Å²) in [5, 5.41) is 15.0. The molecular weight excluding hydrogens is 350 g/mol. The highest BCUT2D eigenvalue weighted by Crippen LogP contribution is 2.30. The number of nitrogens with zero attached hydrogens (tertiary/aromatic N) is 4. The normalized spacial score (nSPS) is 11.3. The molecule has 25 heavy (non-hydrogen) atoms. The molecular formula is C16H10F2N4O2S. The third-order valence-electron chi connectivity index (χ3n) is 3.31. The van der Waals surface area contributed by atoms with E-state index in [9.17, 15) is 8.78 Å². The molecule has 9 heteroatoms. The molecule has 0 N–H and O–H groups in total. The summed E-state index contributed by atoms with van der Waals surface area (Å²) in [7, 11) is 0. The molecule has 1 aromatic carbocycles. The van der Waals surface area contributed by atoms with Gasteiger partial charge in [-0.3, -0.25) is 0 Å². The molecule has 6 nitrogen and oxygen atoms in total. The van der Waals surface area contributed by atoms with Gasteiger partial charge in [-0.05, 0) is 24.3 Å². The van der Waals surface area contributed by atoms with Crippen LogP contribution in [0.25, 0.3) is 22.2 Å². The van der Waals surface area contributed by atoms with Crippen LogP contribution < -0.4 is 0 Å². The topological polar surface area (TPSA) is 77.8 Å². The number of thiophene rings is 1. The Kier molecular flexibility index (Phi) is 4.06. The maximum Gasteiger partial charge on any atom is 0.314 e. The predicted molar refractivity (Wildman–Crippen MR) is 85.1 cm³/mol. The molecule has 3 aromatic heterocycles. The third-order valence-corrected chi connectivity index (χ3v) is 4.39. The van der Waals surface area contributed by atoms with Crippen LogP contribution in [0.1, 0.15) is 23.1 Å². The van der Waals surface area contributed by atoms with Gasteiger partial charge >= 0.3 is 6.43 Å². The number of alkyl halides is 2. The Labute approximate surface area is 144 Å². The van der Waals surface area contributed by atoms with Gasteiger partial charge in [0.2, 0.25) is 11.8 Å². The molecule has 0 fully saturated rings. The summed E-state index contributed by atoms with van der Waals surface area (Å²) in [5.74, 6) is 0.299. The Morgan fingerprint density at radius 1 is 0.880 bits per heavy atom. The zero-order valence-electron chi connectivity index (χ0n) is 12.6. The molecule has 0 spiro atoms. The fourth-order valence-electron chi connectivity index (χ4n) is 2.18. The largest absolute Gasteiger partial charge is 0.420 e. The minimum absolute atomic E-state index is 0.0713. The minimum atomic E-state index is -2.78. The maximum absolute atomic E-state index is 12.5. The maximum atomic E-state index is 12.5. The highest BCUT2D eigenvalue weighted by molar-refractivity contribution is 7.15. The van der Waals surface area contributed by atoms with Gasteiger partial charge in [0.1, 0.15) is 0 Å². The van der Waals surface area contributed by atoms with Crippen LogP contribution in [-0.4, -0.2) is 20.4 Å². The van der Waals surface area contributed by atoms with E-state index in [1.165, 1.54) is 11.3 Å². The Morgan fingerprint density at radius 2 is 1.68 bits per heavy atom. The van der Waals surface area contributed by atoms with E-state index in [2.05, 4.69) is 20.4 Å². The van der Waals surface area contributed by atoms with Gasteiger partial charge in [-0.2, -0.15) is 8.78 Å². The van der Waals surface area contributed by atoms with Crippen molar-refractivity contribution in [3.8, 4) is 22.2 Å². The molecule has 4 rings (SSSR count). The fraction of sp³-hybridized carbons (Fsp3) is 0.125. The van der Waals surface area contributed by atoms with Crippen LogP contribution in [0.5, 0.6) is 0 Å². The average Bonchev–Trinajstić information content (AvgIpc) is 3.36. The summed E-state index contributed by atoms with van der Waals surface area (Å²) in [6, 6.07) is 13.0. The molecule has 0 unspecified atom stereocenters. The van der Waals surface area contributed by atoms with E-state index in [1.807, 2.05) is 36.4 Å². The van der Waals surface area contributed by atoms with Crippen molar-refractivity contribution >= 4 is 11.3 Å². The summed E-state index contributed by atoms with van der Waals surface area (Å²) in [6.45, 7) is 0. The van der Waals surface area contributed by atoms with Gasteiger partial charge in [0.05, 0.1) is 11.3 Å². The van der Waals surface area contributed by atoms with Crippen molar-refractivity contribution in [1.82, 2.24) is 20.4 Å². The summed E-state index contributed by atoms with van der Waals surface area (Å²) in [4.78, 5) is 1.52. The second-order valence-corrected chi connectivity index (χ2v) is 6.22. The third kappa shape index (κ3) is 3.31. The zero-order chi connectivity index (χ0) is 17.2. The SMILES string of the molecule is FC(F)c1nnc(-c2ccc(Cc3nnc(-c4ccccc4)o3)s2)o1. The zero-order valence-corrected chi connectivity index (χ0v) is 13.4. The van der Waals surface area contributed by atoms with Crippen molar-refractivity contribution in [2.24, 2.45) is 0 Å². The van der Waals surface area contributed by atoms with Crippen molar-refractivity contribution in [2.75, 3.05) is 0 Å².